The summed E-state index contributed by atoms with van der Waals surface area (Å²) in [6.07, 6.45) is 6.99. The maximum atomic E-state index is 10.2. The van der Waals surface area contributed by atoms with E-state index in [0.29, 0.717) is 11.8 Å². The molecule has 7 atom stereocenters. The molecule has 0 spiro atoms. The van der Waals surface area contributed by atoms with Crippen LogP contribution in [0, 0.1) is 23.2 Å². The van der Waals surface area contributed by atoms with Gasteiger partial charge >= 0.3 is 0 Å². The first kappa shape index (κ1) is 19.9. The van der Waals surface area contributed by atoms with Crippen LogP contribution >= 0.6 is 0 Å². The summed E-state index contributed by atoms with van der Waals surface area (Å²) in [5.41, 5.74) is 1.03. The topological polar surface area (TPSA) is 42.0 Å². The summed E-state index contributed by atoms with van der Waals surface area (Å²) in [5.74, 6) is 1.43. The van der Waals surface area contributed by atoms with Crippen molar-refractivity contribution in [3.63, 3.8) is 0 Å². The largest absolute Gasteiger partial charge is 0.396 e. The Morgan fingerprint density at radius 1 is 1.38 bits per heavy atom. The Bertz CT molecular complexity index is 456. The molecule has 2 fully saturated rings. The Balaban J connectivity index is 2.28. The molecule has 0 radical (unpaired) electrons. The molecular weight excluding hydrogens is 300 g/mol. The van der Waals surface area contributed by atoms with Gasteiger partial charge in [-0.2, -0.15) is 0 Å². The fourth-order valence-electron chi connectivity index (χ4n) is 5.05. The zero-order chi connectivity index (χ0) is 18.1. The Labute approximate surface area is 148 Å². The molecule has 0 amide bonds. The SMILES string of the molecule is CCC(C)C1CCC(C)(CO)C(C2(C)OC2CC=C(C)C)C1OC. The third kappa shape index (κ3) is 3.59. The fraction of sp³-hybridized carbons (Fsp3) is 0.905. The highest BCUT2D eigenvalue weighted by Crippen LogP contribution is 2.59. The Morgan fingerprint density at radius 3 is 2.54 bits per heavy atom. The van der Waals surface area contributed by atoms with Crippen LogP contribution in [0.3, 0.4) is 0 Å². The summed E-state index contributed by atoms with van der Waals surface area (Å²) in [6.45, 7) is 13.5. The number of epoxide rings is 1. The normalized spacial score (nSPS) is 43.3. The van der Waals surface area contributed by atoms with Crippen molar-refractivity contribution in [3.8, 4) is 0 Å². The second-order valence-electron chi connectivity index (χ2n) is 8.89. The molecule has 7 unspecified atom stereocenters. The monoisotopic (exact) mass is 338 g/mol. The summed E-state index contributed by atoms with van der Waals surface area (Å²) < 4.78 is 12.3. The maximum Gasteiger partial charge on any atom is 0.0982 e. The number of hydrogen-bond acceptors (Lipinski definition) is 3. The van der Waals surface area contributed by atoms with E-state index in [1.54, 1.807) is 0 Å². The van der Waals surface area contributed by atoms with Crippen LogP contribution in [0.15, 0.2) is 11.6 Å². The van der Waals surface area contributed by atoms with Crippen molar-refractivity contribution in [1.29, 1.82) is 0 Å². The number of aliphatic hydroxyl groups excluding tert-OH is 1. The van der Waals surface area contributed by atoms with E-state index >= 15 is 0 Å². The van der Waals surface area contributed by atoms with E-state index in [2.05, 4.69) is 47.6 Å². The van der Waals surface area contributed by atoms with E-state index in [0.717, 1.165) is 19.3 Å². The van der Waals surface area contributed by atoms with Gasteiger partial charge in [-0.15, -0.1) is 0 Å². The molecule has 0 aromatic rings. The lowest BCUT2D eigenvalue weighted by molar-refractivity contribution is -0.133. The summed E-state index contributed by atoms with van der Waals surface area (Å²) in [5, 5.41) is 10.2. The molecule has 0 aromatic carbocycles. The number of rotatable bonds is 7. The minimum atomic E-state index is -0.184. The van der Waals surface area contributed by atoms with Gasteiger partial charge in [0.25, 0.3) is 0 Å². The van der Waals surface area contributed by atoms with Gasteiger partial charge < -0.3 is 14.6 Å². The smallest absolute Gasteiger partial charge is 0.0982 e. The molecule has 3 nitrogen and oxygen atoms in total. The van der Waals surface area contributed by atoms with E-state index in [1.807, 2.05) is 7.11 Å². The van der Waals surface area contributed by atoms with E-state index < -0.39 is 0 Å². The first-order chi connectivity index (χ1) is 11.2. The third-order valence-corrected chi connectivity index (χ3v) is 6.89. The van der Waals surface area contributed by atoms with Crippen LogP contribution in [0.4, 0.5) is 0 Å². The highest BCUT2D eigenvalue weighted by Gasteiger charge is 2.65. The van der Waals surface area contributed by atoms with Gasteiger partial charge in [0.15, 0.2) is 0 Å². The van der Waals surface area contributed by atoms with Gasteiger partial charge in [-0.1, -0.05) is 38.8 Å². The quantitative estimate of drug-likeness (QED) is 0.545. The van der Waals surface area contributed by atoms with E-state index in [-0.39, 0.29) is 35.7 Å². The molecule has 1 aliphatic carbocycles. The summed E-state index contributed by atoms with van der Waals surface area (Å²) in [7, 11) is 1.84. The Morgan fingerprint density at radius 2 is 2.04 bits per heavy atom. The third-order valence-electron chi connectivity index (χ3n) is 6.89. The lowest BCUT2D eigenvalue weighted by Crippen LogP contribution is -2.55. The molecule has 0 aromatic heterocycles. The highest BCUT2D eigenvalue weighted by molar-refractivity contribution is 5.15. The summed E-state index contributed by atoms with van der Waals surface area (Å²) in [6, 6.07) is 0. The van der Waals surface area contributed by atoms with Crippen molar-refractivity contribution >= 4 is 0 Å². The van der Waals surface area contributed by atoms with Crippen molar-refractivity contribution < 1.29 is 14.6 Å². The summed E-state index contributed by atoms with van der Waals surface area (Å²) in [4.78, 5) is 0. The minimum Gasteiger partial charge on any atom is -0.396 e. The van der Waals surface area contributed by atoms with Gasteiger partial charge in [-0.05, 0) is 57.3 Å². The number of hydrogen-bond donors (Lipinski definition) is 1. The number of ether oxygens (including phenoxy) is 2. The molecule has 1 heterocycles. The fourth-order valence-corrected chi connectivity index (χ4v) is 5.05. The predicted molar refractivity (Wildman–Crippen MR) is 99.0 cm³/mol. The van der Waals surface area contributed by atoms with Crippen LogP contribution in [0.2, 0.25) is 0 Å². The van der Waals surface area contributed by atoms with Gasteiger partial charge in [0.1, 0.15) is 0 Å². The lowest BCUT2D eigenvalue weighted by atomic mass is 9.56. The molecule has 1 aliphatic heterocycles. The Hall–Kier alpha value is -0.380. The zero-order valence-electron chi connectivity index (χ0n) is 16.8. The first-order valence-electron chi connectivity index (χ1n) is 9.68. The van der Waals surface area contributed by atoms with E-state index in [4.69, 9.17) is 9.47 Å². The van der Waals surface area contributed by atoms with Crippen molar-refractivity contribution in [3.05, 3.63) is 11.6 Å². The molecule has 140 valence electrons. The second-order valence-corrected chi connectivity index (χ2v) is 8.89. The molecule has 1 saturated carbocycles. The van der Waals surface area contributed by atoms with Gasteiger partial charge in [0.2, 0.25) is 0 Å². The standard InChI is InChI=1S/C21H38O3/c1-8-15(4)16-11-12-20(5,13-22)19(18(16)23-7)21(6)17(24-21)10-9-14(2)3/h9,15-19,22H,8,10-13H2,1-7H3. The average molecular weight is 339 g/mol. The molecule has 2 aliphatic rings. The van der Waals surface area contributed by atoms with Crippen LogP contribution in [0.25, 0.3) is 0 Å². The average Bonchev–Trinajstić information content (AvgIpc) is 3.22. The lowest BCUT2D eigenvalue weighted by Gasteiger charge is -2.51. The molecule has 0 bridgehead atoms. The molecule has 1 saturated heterocycles. The maximum absolute atomic E-state index is 10.2. The van der Waals surface area contributed by atoms with Crippen molar-refractivity contribution in [2.75, 3.05) is 13.7 Å². The highest BCUT2D eigenvalue weighted by atomic mass is 16.6. The van der Waals surface area contributed by atoms with Gasteiger partial charge in [-0.3, -0.25) is 0 Å². The molecular formula is C21H38O3. The van der Waals surface area contributed by atoms with Gasteiger partial charge in [0.05, 0.1) is 17.8 Å². The van der Waals surface area contributed by atoms with Crippen LogP contribution < -0.4 is 0 Å². The number of methoxy groups -OCH3 is 1. The number of aliphatic hydroxyl groups is 1. The molecule has 2 rings (SSSR count). The van der Waals surface area contributed by atoms with Crippen molar-refractivity contribution in [2.45, 2.75) is 85.0 Å². The molecule has 1 N–H and O–H groups in total. The van der Waals surface area contributed by atoms with Crippen LogP contribution in [-0.4, -0.2) is 36.6 Å². The minimum absolute atomic E-state index is 0.126. The first-order valence-corrected chi connectivity index (χ1v) is 9.68. The Kier molecular flexibility index (Phi) is 6.21. The number of allylic oxidation sites excluding steroid dienone is 1. The van der Waals surface area contributed by atoms with Crippen LogP contribution in [0.5, 0.6) is 0 Å². The van der Waals surface area contributed by atoms with Crippen molar-refractivity contribution in [2.24, 2.45) is 23.2 Å². The van der Waals surface area contributed by atoms with E-state index in [9.17, 15) is 5.11 Å². The van der Waals surface area contributed by atoms with E-state index in [1.165, 1.54) is 12.0 Å². The molecule has 3 heteroatoms. The molecule has 24 heavy (non-hydrogen) atoms. The van der Waals surface area contributed by atoms with Gasteiger partial charge in [0, 0.05) is 19.6 Å². The summed E-state index contributed by atoms with van der Waals surface area (Å²) >= 11 is 0. The van der Waals surface area contributed by atoms with Crippen LogP contribution in [-0.2, 0) is 9.47 Å². The van der Waals surface area contributed by atoms with Gasteiger partial charge in [-0.25, -0.2) is 0 Å². The van der Waals surface area contributed by atoms with Crippen molar-refractivity contribution in [1.82, 2.24) is 0 Å². The predicted octanol–water partition coefficient (Wildman–Crippen LogP) is 4.59. The zero-order valence-corrected chi connectivity index (χ0v) is 16.8. The second kappa shape index (κ2) is 7.47. The van der Waals surface area contributed by atoms with Crippen LogP contribution in [0.1, 0.15) is 67.2 Å².